The molecule has 72 valence electrons. The van der Waals surface area contributed by atoms with Crippen LogP contribution in [0.4, 0.5) is 0 Å². The van der Waals surface area contributed by atoms with Crippen molar-refractivity contribution < 1.29 is 4.42 Å². The number of fused-ring (bicyclic) bond motifs is 1. The Kier molecular flexibility index (Phi) is 1.92. The van der Waals surface area contributed by atoms with Gasteiger partial charge in [0.1, 0.15) is 5.58 Å². The lowest BCUT2D eigenvalue weighted by molar-refractivity contribution is 0.602. The van der Waals surface area contributed by atoms with E-state index in [1.165, 1.54) is 12.3 Å². The van der Waals surface area contributed by atoms with Gasteiger partial charge in [-0.1, -0.05) is 0 Å². The van der Waals surface area contributed by atoms with Crippen molar-refractivity contribution in [2.45, 2.75) is 20.8 Å². The Labute approximate surface area is 82.2 Å². The Morgan fingerprint density at radius 1 is 1.14 bits per heavy atom. The smallest absolute Gasteiger partial charge is 0.192 e. The molecule has 0 spiro atoms. The van der Waals surface area contributed by atoms with Crippen LogP contribution in [0.3, 0.4) is 0 Å². The molecule has 0 saturated carbocycles. The Balaban J connectivity index is 3.07. The van der Waals surface area contributed by atoms with Crippen LogP contribution in [0, 0.1) is 20.8 Å². The molecule has 2 nitrogen and oxygen atoms in total. The third-order valence-corrected chi connectivity index (χ3v) is 2.78. The summed E-state index contributed by atoms with van der Waals surface area (Å²) in [4.78, 5) is 11.6. The summed E-state index contributed by atoms with van der Waals surface area (Å²) in [6, 6.07) is 3.38. The van der Waals surface area contributed by atoms with E-state index in [2.05, 4.69) is 0 Å². The van der Waals surface area contributed by atoms with Crippen molar-refractivity contribution in [1.82, 2.24) is 0 Å². The van der Waals surface area contributed by atoms with Gasteiger partial charge in [0.15, 0.2) is 5.43 Å². The summed E-state index contributed by atoms with van der Waals surface area (Å²) in [5, 5.41) is 0.704. The van der Waals surface area contributed by atoms with Crippen molar-refractivity contribution >= 4 is 11.0 Å². The van der Waals surface area contributed by atoms with Crippen LogP contribution >= 0.6 is 0 Å². The zero-order valence-corrected chi connectivity index (χ0v) is 8.55. The molecule has 0 aliphatic rings. The lowest BCUT2D eigenvalue weighted by Gasteiger charge is -2.06. The normalized spacial score (nSPS) is 10.8. The van der Waals surface area contributed by atoms with Crippen LogP contribution in [0.15, 0.2) is 27.6 Å². The lowest BCUT2D eigenvalue weighted by Crippen LogP contribution is -2.02. The molecule has 2 aromatic rings. The predicted molar refractivity (Wildman–Crippen MR) is 56.7 cm³/mol. The highest BCUT2D eigenvalue weighted by Crippen LogP contribution is 2.21. The fraction of sp³-hybridized carbons (Fsp3) is 0.250. The Hall–Kier alpha value is -1.57. The van der Waals surface area contributed by atoms with Crippen molar-refractivity contribution in [2.24, 2.45) is 0 Å². The Morgan fingerprint density at radius 3 is 2.57 bits per heavy atom. The maximum Gasteiger partial charge on any atom is 0.192 e. The van der Waals surface area contributed by atoms with E-state index >= 15 is 0 Å². The minimum absolute atomic E-state index is 0.0341. The topological polar surface area (TPSA) is 30.2 Å². The van der Waals surface area contributed by atoms with Crippen LogP contribution in [0.2, 0.25) is 0 Å². The zero-order valence-electron chi connectivity index (χ0n) is 8.55. The molecule has 0 aliphatic carbocycles. The molecule has 1 aromatic heterocycles. The minimum atomic E-state index is 0.0341. The van der Waals surface area contributed by atoms with Crippen LogP contribution in [-0.2, 0) is 0 Å². The summed E-state index contributed by atoms with van der Waals surface area (Å²) in [6.45, 7) is 6.01. The number of hydrogen-bond donors (Lipinski definition) is 0. The average Bonchev–Trinajstić information content (AvgIpc) is 2.14. The molecule has 14 heavy (non-hydrogen) atoms. The van der Waals surface area contributed by atoms with Gasteiger partial charge < -0.3 is 4.42 Å². The van der Waals surface area contributed by atoms with Crippen LogP contribution in [-0.4, -0.2) is 0 Å². The molecule has 1 aromatic carbocycles. The SMILES string of the molecule is Cc1cc2occc(=O)c2c(C)c1C. The van der Waals surface area contributed by atoms with Crippen LogP contribution in [0.25, 0.3) is 11.0 Å². The summed E-state index contributed by atoms with van der Waals surface area (Å²) in [5.41, 5.74) is 4.06. The first-order valence-corrected chi connectivity index (χ1v) is 4.59. The molecule has 0 bridgehead atoms. The second-order valence-electron chi connectivity index (χ2n) is 3.60. The van der Waals surface area contributed by atoms with Crippen molar-refractivity contribution in [3.63, 3.8) is 0 Å². The van der Waals surface area contributed by atoms with Crippen molar-refractivity contribution in [1.29, 1.82) is 0 Å². The zero-order chi connectivity index (χ0) is 10.3. The van der Waals surface area contributed by atoms with E-state index in [4.69, 9.17) is 4.42 Å². The van der Waals surface area contributed by atoms with Gasteiger partial charge in [-0.3, -0.25) is 4.79 Å². The molecule has 1 heterocycles. The van der Waals surface area contributed by atoms with E-state index in [0.717, 1.165) is 16.7 Å². The summed E-state index contributed by atoms with van der Waals surface area (Å²) in [7, 11) is 0. The van der Waals surface area contributed by atoms with Crippen molar-refractivity contribution in [3.05, 3.63) is 45.3 Å². The summed E-state index contributed by atoms with van der Waals surface area (Å²) in [6.07, 6.45) is 1.44. The Morgan fingerprint density at radius 2 is 1.86 bits per heavy atom. The van der Waals surface area contributed by atoms with Gasteiger partial charge in [0.2, 0.25) is 0 Å². The molecule has 0 unspecified atom stereocenters. The van der Waals surface area contributed by atoms with Gasteiger partial charge in [-0.15, -0.1) is 0 Å². The van der Waals surface area contributed by atoms with Crippen molar-refractivity contribution in [3.8, 4) is 0 Å². The maximum absolute atomic E-state index is 11.6. The van der Waals surface area contributed by atoms with Gasteiger partial charge in [0.25, 0.3) is 0 Å². The third kappa shape index (κ3) is 1.15. The molecular weight excluding hydrogens is 176 g/mol. The molecule has 0 N–H and O–H groups in total. The van der Waals surface area contributed by atoms with Gasteiger partial charge in [0, 0.05) is 6.07 Å². The molecule has 0 atom stereocenters. The predicted octanol–water partition coefficient (Wildman–Crippen LogP) is 2.72. The minimum Gasteiger partial charge on any atom is -0.464 e. The fourth-order valence-corrected chi connectivity index (χ4v) is 1.70. The number of hydrogen-bond acceptors (Lipinski definition) is 2. The second-order valence-corrected chi connectivity index (χ2v) is 3.60. The number of rotatable bonds is 0. The molecular formula is C12H12O2. The third-order valence-electron chi connectivity index (χ3n) is 2.78. The van der Waals surface area contributed by atoms with Crippen molar-refractivity contribution in [2.75, 3.05) is 0 Å². The number of aryl methyl sites for hydroxylation is 2. The maximum atomic E-state index is 11.6. The largest absolute Gasteiger partial charge is 0.464 e. The molecule has 0 aliphatic heterocycles. The quantitative estimate of drug-likeness (QED) is 0.636. The monoisotopic (exact) mass is 188 g/mol. The molecule has 2 heteroatoms. The molecule has 0 saturated heterocycles. The summed E-state index contributed by atoms with van der Waals surface area (Å²) >= 11 is 0. The van der Waals surface area contributed by atoms with Gasteiger partial charge >= 0.3 is 0 Å². The summed E-state index contributed by atoms with van der Waals surface area (Å²) < 4.78 is 5.31. The van der Waals surface area contributed by atoms with Gasteiger partial charge in [0.05, 0.1) is 11.6 Å². The highest BCUT2D eigenvalue weighted by molar-refractivity contribution is 5.82. The van der Waals surface area contributed by atoms with Gasteiger partial charge in [-0.05, 0) is 43.5 Å². The van der Waals surface area contributed by atoms with Crippen LogP contribution in [0.5, 0.6) is 0 Å². The molecule has 0 fully saturated rings. The van der Waals surface area contributed by atoms with E-state index in [1.807, 2.05) is 26.8 Å². The highest BCUT2D eigenvalue weighted by Gasteiger charge is 2.07. The molecule has 2 rings (SSSR count). The fourth-order valence-electron chi connectivity index (χ4n) is 1.70. The van der Waals surface area contributed by atoms with E-state index in [-0.39, 0.29) is 5.43 Å². The van der Waals surface area contributed by atoms with Crippen LogP contribution < -0.4 is 5.43 Å². The van der Waals surface area contributed by atoms with E-state index < -0.39 is 0 Å². The standard InChI is InChI=1S/C12H12O2/c1-7-6-11-12(9(3)8(7)2)10(13)4-5-14-11/h4-6H,1-3H3. The summed E-state index contributed by atoms with van der Waals surface area (Å²) in [5.74, 6) is 0. The van der Waals surface area contributed by atoms with Gasteiger partial charge in [-0.25, -0.2) is 0 Å². The Bertz CT molecular complexity index is 550. The van der Waals surface area contributed by atoms with E-state index in [0.29, 0.717) is 11.0 Å². The average molecular weight is 188 g/mol. The van der Waals surface area contributed by atoms with E-state index in [9.17, 15) is 4.79 Å². The van der Waals surface area contributed by atoms with Crippen LogP contribution in [0.1, 0.15) is 16.7 Å². The lowest BCUT2D eigenvalue weighted by atomic mass is 10.00. The number of benzene rings is 1. The molecule has 0 radical (unpaired) electrons. The highest BCUT2D eigenvalue weighted by atomic mass is 16.3. The first-order chi connectivity index (χ1) is 6.61. The van der Waals surface area contributed by atoms with E-state index in [1.54, 1.807) is 0 Å². The molecule has 0 amide bonds. The van der Waals surface area contributed by atoms with Gasteiger partial charge in [-0.2, -0.15) is 0 Å². The first kappa shape index (κ1) is 9.00. The second kappa shape index (κ2) is 2.98. The first-order valence-electron chi connectivity index (χ1n) is 4.59.